The van der Waals surface area contributed by atoms with E-state index in [4.69, 9.17) is 0 Å². The van der Waals surface area contributed by atoms with Gasteiger partial charge in [-0.1, -0.05) is 24.3 Å². The molecule has 2 aromatic rings. The Morgan fingerprint density at radius 3 is 2.57 bits per heavy atom. The molecule has 0 fully saturated rings. The van der Waals surface area contributed by atoms with Gasteiger partial charge in [0.2, 0.25) is 0 Å². The van der Waals surface area contributed by atoms with Crippen molar-refractivity contribution in [1.29, 1.82) is 0 Å². The van der Waals surface area contributed by atoms with Crippen LogP contribution in [-0.2, 0) is 12.6 Å². The Balaban J connectivity index is 2.26. The summed E-state index contributed by atoms with van der Waals surface area (Å²) in [6, 6.07) is 9.10. The predicted octanol–water partition coefficient (Wildman–Crippen LogP) is 3.91. The van der Waals surface area contributed by atoms with Crippen molar-refractivity contribution < 1.29 is 13.2 Å². The van der Waals surface area contributed by atoms with Crippen molar-refractivity contribution in [3.63, 3.8) is 0 Å². The van der Waals surface area contributed by atoms with Crippen molar-refractivity contribution >= 4 is 0 Å². The van der Waals surface area contributed by atoms with Crippen molar-refractivity contribution in [2.24, 2.45) is 0 Å². The van der Waals surface area contributed by atoms with Crippen LogP contribution in [-0.4, -0.2) is 12.0 Å². The highest BCUT2D eigenvalue weighted by Gasteiger charge is 2.30. The molecule has 0 amide bonds. The van der Waals surface area contributed by atoms with Crippen LogP contribution in [0.15, 0.2) is 42.6 Å². The minimum atomic E-state index is -4.31. The number of hydrogen-bond acceptors (Lipinski definition) is 2. The van der Waals surface area contributed by atoms with Crippen LogP contribution in [0.1, 0.15) is 28.4 Å². The molecule has 0 radical (unpaired) electrons. The highest BCUT2D eigenvalue weighted by atomic mass is 19.4. The molecule has 112 valence electrons. The number of pyridine rings is 1. The lowest BCUT2D eigenvalue weighted by atomic mass is 9.98. The molecule has 2 rings (SSSR count). The van der Waals surface area contributed by atoms with E-state index in [1.54, 1.807) is 19.3 Å². The first-order valence-electron chi connectivity index (χ1n) is 6.66. The first-order chi connectivity index (χ1) is 9.91. The Kier molecular flexibility index (Phi) is 4.63. The Labute approximate surface area is 122 Å². The number of halogens is 3. The Morgan fingerprint density at radius 2 is 1.95 bits per heavy atom. The number of aromatic nitrogens is 1. The van der Waals surface area contributed by atoms with Crippen molar-refractivity contribution in [1.82, 2.24) is 10.3 Å². The summed E-state index contributed by atoms with van der Waals surface area (Å²) in [6.45, 7) is 1.94. The molecule has 0 spiro atoms. The molecule has 21 heavy (non-hydrogen) atoms. The smallest absolute Gasteiger partial charge is 0.311 e. The van der Waals surface area contributed by atoms with Gasteiger partial charge in [0.05, 0.1) is 17.3 Å². The number of alkyl halides is 3. The number of hydrogen-bond donors (Lipinski definition) is 1. The molecule has 1 aromatic carbocycles. The molecule has 0 saturated carbocycles. The number of rotatable bonds is 4. The molecule has 0 aliphatic heterocycles. The molecule has 1 N–H and O–H groups in total. The molecule has 0 aliphatic rings. The molecule has 2 nitrogen and oxygen atoms in total. The lowest BCUT2D eigenvalue weighted by Gasteiger charge is -2.18. The fourth-order valence-corrected chi connectivity index (χ4v) is 2.31. The predicted molar refractivity (Wildman–Crippen MR) is 75.9 cm³/mol. The van der Waals surface area contributed by atoms with Crippen LogP contribution in [0, 0.1) is 6.92 Å². The average Bonchev–Trinajstić information content (AvgIpc) is 2.45. The minimum absolute atomic E-state index is 0.116. The van der Waals surface area contributed by atoms with E-state index in [9.17, 15) is 13.2 Å². The van der Waals surface area contributed by atoms with Crippen molar-refractivity contribution in [2.75, 3.05) is 7.05 Å². The Hall–Kier alpha value is -1.88. The van der Waals surface area contributed by atoms with Crippen molar-refractivity contribution in [2.45, 2.75) is 25.6 Å². The summed E-state index contributed by atoms with van der Waals surface area (Å²) < 4.78 is 38.2. The summed E-state index contributed by atoms with van der Waals surface area (Å²) >= 11 is 0. The second-order valence-corrected chi connectivity index (χ2v) is 4.95. The van der Waals surface area contributed by atoms with Crippen LogP contribution in [0.25, 0.3) is 0 Å². The average molecular weight is 294 g/mol. The van der Waals surface area contributed by atoms with Gasteiger partial charge in [-0.15, -0.1) is 0 Å². The van der Waals surface area contributed by atoms with E-state index in [-0.39, 0.29) is 6.04 Å². The number of nitrogens with one attached hydrogen (secondary N) is 1. The minimum Gasteiger partial charge on any atom is -0.311 e. The van der Waals surface area contributed by atoms with E-state index in [1.165, 1.54) is 12.1 Å². The van der Waals surface area contributed by atoms with Crippen LogP contribution >= 0.6 is 0 Å². The monoisotopic (exact) mass is 294 g/mol. The van der Waals surface area contributed by atoms with Crippen molar-refractivity contribution in [3.8, 4) is 0 Å². The van der Waals surface area contributed by atoms with Gasteiger partial charge in [-0.25, -0.2) is 0 Å². The van der Waals surface area contributed by atoms with Gasteiger partial charge < -0.3 is 5.32 Å². The maximum atomic E-state index is 12.7. The maximum Gasteiger partial charge on any atom is 0.416 e. The number of likely N-dealkylation sites (N-methyl/N-ethyl adjacent to an activating group) is 1. The standard InChI is InChI=1S/C16H17F3N2/c1-11-5-4-8-21-15(11)14(20-2)10-12-6-3-7-13(9-12)16(17,18)19/h3-9,14,20H,10H2,1-2H3. The molecule has 1 heterocycles. The third kappa shape index (κ3) is 3.82. The fourth-order valence-electron chi connectivity index (χ4n) is 2.31. The molecule has 0 saturated heterocycles. The van der Waals surface area contributed by atoms with Crippen LogP contribution in [0.3, 0.4) is 0 Å². The quantitative estimate of drug-likeness (QED) is 0.924. The Morgan fingerprint density at radius 1 is 1.19 bits per heavy atom. The number of benzene rings is 1. The highest BCUT2D eigenvalue weighted by molar-refractivity contribution is 5.29. The van der Waals surface area contributed by atoms with E-state index in [2.05, 4.69) is 10.3 Å². The van der Waals surface area contributed by atoms with Crippen LogP contribution in [0.2, 0.25) is 0 Å². The zero-order valence-corrected chi connectivity index (χ0v) is 11.9. The fraction of sp³-hybridized carbons (Fsp3) is 0.312. The van der Waals surface area contributed by atoms with Crippen molar-refractivity contribution in [3.05, 3.63) is 65.0 Å². The summed E-state index contributed by atoms with van der Waals surface area (Å²) in [5.41, 5.74) is 1.89. The molecule has 1 atom stereocenters. The topological polar surface area (TPSA) is 24.9 Å². The van der Waals surface area contributed by atoms with Gasteiger partial charge in [-0.2, -0.15) is 13.2 Å². The van der Waals surface area contributed by atoms with Crippen LogP contribution in [0.4, 0.5) is 13.2 Å². The van der Waals surface area contributed by atoms with Gasteiger partial charge in [0, 0.05) is 6.20 Å². The molecule has 5 heteroatoms. The van der Waals surface area contributed by atoms with Gasteiger partial charge in [0.25, 0.3) is 0 Å². The number of nitrogens with zero attached hydrogens (tertiary/aromatic N) is 1. The van der Waals surface area contributed by atoms with Gasteiger partial charge in [-0.05, 0) is 43.7 Å². The summed E-state index contributed by atoms with van der Waals surface area (Å²) in [5, 5.41) is 3.12. The van der Waals surface area contributed by atoms with Gasteiger partial charge in [0.1, 0.15) is 0 Å². The third-order valence-corrected chi connectivity index (χ3v) is 3.42. The summed E-state index contributed by atoms with van der Waals surface area (Å²) in [7, 11) is 1.78. The first-order valence-corrected chi connectivity index (χ1v) is 6.66. The van der Waals surface area contributed by atoms with Gasteiger partial charge in [-0.3, -0.25) is 4.98 Å². The second-order valence-electron chi connectivity index (χ2n) is 4.95. The largest absolute Gasteiger partial charge is 0.416 e. The van der Waals surface area contributed by atoms with Crippen LogP contribution in [0.5, 0.6) is 0 Å². The van der Waals surface area contributed by atoms with E-state index < -0.39 is 11.7 Å². The Bertz CT molecular complexity index is 608. The van der Waals surface area contributed by atoms with Gasteiger partial charge in [0.15, 0.2) is 0 Å². The normalized spacial score (nSPS) is 13.2. The van der Waals surface area contributed by atoms with Crippen LogP contribution < -0.4 is 5.32 Å². The van der Waals surface area contributed by atoms with E-state index in [1.807, 2.05) is 19.1 Å². The molecular formula is C16H17F3N2. The molecule has 1 aromatic heterocycles. The third-order valence-electron chi connectivity index (χ3n) is 3.42. The SMILES string of the molecule is CNC(Cc1cccc(C(F)(F)F)c1)c1ncccc1C. The number of aryl methyl sites for hydroxylation is 1. The lowest BCUT2D eigenvalue weighted by molar-refractivity contribution is -0.137. The maximum absolute atomic E-state index is 12.7. The molecular weight excluding hydrogens is 277 g/mol. The first kappa shape index (κ1) is 15.5. The van der Waals surface area contributed by atoms with E-state index in [0.29, 0.717) is 12.0 Å². The van der Waals surface area contributed by atoms with Gasteiger partial charge >= 0.3 is 6.18 Å². The lowest BCUT2D eigenvalue weighted by Crippen LogP contribution is -2.21. The summed E-state index contributed by atoms with van der Waals surface area (Å²) in [5.74, 6) is 0. The molecule has 1 unspecified atom stereocenters. The summed E-state index contributed by atoms with van der Waals surface area (Å²) in [4.78, 5) is 4.33. The zero-order valence-electron chi connectivity index (χ0n) is 11.9. The zero-order chi connectivity index (χ0) is 15.5. The van der Waals surface area contributed by atoms with E-state index in [0.717, 1.165) is 17.3 Å². The molecule has 0 bridgehead atoms. The van der Waals surface area contributed by atoms with E-state index >= 15 is 0 Å². The summed E-state index contributed by atoms with van der Waals surface area (Å²) in [6.07, 6.45) is -2.16. The molecule has 0 aliphatic carbocycles. The second kappa shape index (κ2) is 6.26. The highest BCUT2D eigenvalue weighted by Crippen LogP contribution is 2.30.